The number of aromatic amines is 1. The van der Waals surface area contributed by atoms with E-state index in [0.717, 1.165) is 30.8 Å². The van der Waals surface area contributed by atoms with Crippen LogP contribution in [0, 0.1) is 0 Å². The summed E-state index contributed by atoms with van der Waals surface area (Å²) in [6.45, 7) is 2.61. The fourth-order valence-corrected chi connectivity index (χ4v) is 2.94. The minimum Gasteiger partial charge on any atom is -0.309 e. The van der Waals surface area contributed by atoms with Gasteiger partial charge in [0.15, 0.2) is 0 Å². The second kappa shape index (κ2) is 5.82. The lowest BCUT2D eigenvalue weighted by Gasteiger charge is -2.43. The van der Waals surface area contributed by atoms with E-state index in [0.29, 0.717) is 6.54 Å². The zero-order chi connectivity index (χ0) is 14.7. The van der Waals surface area contributed by atoms with Crippen LogP contribution in [0.1, 0.15) is 43.3 Å². The van der Waals surface area contributed by atoms with Gasteiger partial charge in [0.25, 0.3) is 5.56 Å². The van der Waals surface area contributed by atoms with Crippen molar-refractivity contribution in [2.45, 2.75) is 44.7 Å². The Morgan fingerprint density at radius 3 is 2.67 bits per heavy atom. The summed E-state index contributed by atoms with van der Waals surface area (Å²) < 4.78 is 0. The number of rotatable bonds is 5. The molecule has 1 aromatic carbocycles. The molecule has 0 saturated heterocycles. The molecule has 110 valence electrons. The van der Waals surface area contributed by atoms with Gasteiger partial charge in [-0.1, -0.05) is 37.3 Å². The van der Waals surface area contributed by atoms with E-state index >= 15 is 0 Å². The smallest absolute Gasteiger partial charge is 0.251 e. The van der Waals surface area contributed by atoms with Crippen LogP contribution in [0.25, 0.3) is 0 Å². The number of aromatic nitrogens is 2. The lowest BCUT2D eigenvalue weighted by Crippen LogP contribution is -2.48. The first-order valence-electron chi connectivity index (χ1n) is 7.61. The van der Waals surface area contributed by atoms with Gasteiger partial charge < -0.3 is 10.3 Å². The topological polar surface area (TPSA) is 57.8 Å². The summed E-state index contributed by atoms with van der Waals surface area (Å²) in [7, 11) is 0. The minimum atomic E-state index is -0.0685. The summed E-state index contributed by atoms with van der Waals surface area (Å²) in [4.78, 5) is 18.9. The Balaban J connectivity index is 1.77. The molecule has 1 aromatic heterocycles. The third-order valence-electron chi connectivity index (χ3n) is 4.33. The molecule has 2 aromatic rings. The Hall–Kier alpha value is -1.94. The zero-order valence-electron chi connectivity index (χ0n) is 12.4. The SMILES string of the molecule is CCc1cc(=O)[nH]c(CNC2(c3ccccc3)CCC2)n1. The van der Waals surface area contributed by atoms with Crippen LogP contribution in [0.3, 0.4) is 0 Å². The standard InChI is InChI=1S/C17H21N3O/c1-2-14-11-16(21)20-15(19-14)12-18-17(9-6-10-17)13-7-4-3-5-8-13/h3-5,7-8,11,18H,2,6,9-10,12H2,1H3,(H,19,20,21). The quantitative estimate of drug-likeness (QED) is 0.886. The van der Waals surface area contributed by atoms with Crippen LogP contribution in [0.5, 0.6) is 0 Å². The van der Waals surface area contributed by atoms with E-state index in [1.165, 1.54) is 12.0 Å². The normalized spacial score (nSPS) is 16.4. The average Bonchev–Trinajstić information content (AvgIpc) is 2.46. The number of hydrogen-bond donors (Lipinski definition) is 2. The Bertz CT molecular complexity index is 659. The summed E-state index contributed by atoms with van der Waals surface area (Å²) in [5, 5.41) is 3.61. The predicted octanol–water partition coefficient (Wildman–Crippen LogP) is 2.50. The van der Waals surface area contributed by atoms with E-state index < -0.39 is 0 Å². The van der Waals surface area contributed by atoms with Gasteiger partial charge in [-0.2, -0.15) is 0 Å². The fraction of sp³-hybridized carbons (Fsp3) is 0.412. The number of hydrogen-bond acceptors (Lipinski definition) is 3. The van der Waals surface area contributed by atoms with Gasteiger partial charge in [0.1, 0.15) is 5.82 Å². The number of nitrogens with one attached hydrogen (secondary N) is 2. The summed E-state index contributed by atoms with van der Waals surface area (Å²) in [6, 6.07) is 12.1. The molecule has 4 heteroatoms. The van der Waals surface area contributed by atoms with Gasteiger partial charge in [-0.15, -0.1) is 0 Å². The third-order valence-corrected chi connectivity index (χ3v) is 4.33. The Labute approximate surface area is 124 Å². The minimum absolute atomic E-state index is 0.0437. The van der Waals surface area contributed by atoms with Crippen molar-refractivity contribution in [2.24, 2.45) is 0 Å². The molecule has 0 radical (unpaired) electrons. The van der Waals surface area contributed by atoms with Gasteiger partial charge in [0.2, 0.25) is 0 Å². The molecule has 2 N–H and O–H groups in total. The lowest BCUT2D eigenvalue weighted by molar-refractivity contribution is 0.182. The zero-order valence-corrected chi connectivity index (χ0v) is 12.4. The van der Waals surface area contributed by atoms with E-state index in [2.05, 4.69) is 39.6 Å². The van der Waals surface area contributed by atoms with Crippen molar-refractivity contribution < 1.29 is 0 Å². The van der Waals surface area contributed by atoms with Gasteiger partial charge in [0, 0.05) is 17.3 Å². The first-order chi connectivity index (χ1) is 10.2. The number of benzene rings is 1. The summed E-state index contributed by atoms with van der Waals surface area (Å²) in [6.07, 6.45) is 4.28. The maximum absolute atomic E-state index is 11.6. The first-order valence-corrected chi connectivity index (χ1v) is 7.61. The molecule has 1 aliphatic carbocycles. The summed E-state index contributed by atoms with van der Waals surface area (Å²) in [5.74, 6) is 0.724. The first kappa shape index (κ1) is 14.0. The second-order valence-electron chi connectivity index (χ2n) is 5.69. The van der Waals surface area contributed by atoms with Gasteiger partial charge in [0.05, 0.1) is 6.54 Å². The Kier molecular flexibility index (Phi) is 3.88. The van der Waals surface area contributed by atoms with Crippen molar-refractivity contribution in [3.8, 4) is 0 Å². The van der Waals surface area contributed by atoms with Crippen LogP contribution < -0.4 is 10.9 Å². The van der Waals surface area contributed by atoms with Crippen molar-refractivity contribution in [2.75, 3.05) is 0 Å². The van der Waals surface area contributed by atoms with Crippen molar-refractivity contribution in [1.82, 2.24) is 15.3 Å². The van der Waals surface area contributed by atoms with Crippen LogP contribution in [-0.2, 0) is 18.5 Å². The molecule has 3 rings (SSSR count). The Morgan fingerprint density at radius 1 is 1.29 bits per heavy atom. The van der Waals surface area contributed by atoms with Crippen LogP contribution in [0.4, 0.5) is 0 Å². The molecule has 0 atom stereocenters. The van der Waals surface area contributed by atoms with Gasteiger partial charge in [-0.25, -0.2) is 4.98 Å². The molecule has 4 nitrogen and oxygen atoms in total. The van der Waals surface area contributed by atoms with Crippen molar-refractivity contribution >= 4 is 0 Å². The molecular formula is C17H21N3O. The highest BCUT2D eigenvalue weighted by Crippen LogP contribution is 2.41. The highest BCUT2D eigenvalue weighted by Gasteiger charge is 2.37. The molecule has 0 aliphatic heterocycles. The molecule has 0 amide bonds. The largest absolute Gasteiger partial charge is 0.309 e. The monoisotopic (exact) mass is 283 g/mol. The predicted molar refractivity (Wildman–Crippen MR) is 83.0 cm³/mol. The van der Waals surface area contributed by atoms with Crippen molar-refractivity contribution in [1.29, 1.82) is 0 Å². The van der Waals surface area contributed by atoms with Crippen molar-refractivity contribution in [3.05, 3.63) is 63.8 Å². The van der Waals surface area contributed by atoms with E-state index in [1.54, 1.807) is 6.07 Å². The van der Waals surface area contributed by atoms with Crippen LogP contribution in [0.2, 0.25) is 0 Å². The number of aryl methyl sites for hydroxylation is 1. The Morgan fingerprint density at radius 2 is 2.05 bits per heavy atom. The third kappa shape index (κ3) is 2.90. The number of H-pyrrole nitrogens is 1. The summed E-state index contributed by atoms with van der Waals surface area (Å²) >= 11 is 0. The van der Waals surface area contributed by atoms with E-state index in [4.69, 9.17) is 0 Å². The second-order valence-corrected chi connectivity index (χ2v) is 5.69. The molecule has 1 fully saturated rings. The average molecular weight is 283 g/mol. The molecule has 21 heavy (non-hydrogen) atoms. The summed E-state index contributed by atoms with van der Waals surface area (Å²) in [5.41, 5.74) is 2.14. The molecule has 0 spiro atoms. The van der Waals surface area contributed by atoms with Crippen molar-refractivity contribution in [3.63, 3.8) is 0 Å². The molecular weight excluding hydrogens is 262 g/mol. The maximum Gasteiger partial charge on any atom is 0.251 e. The van der Waals surface area contributed by atoms with Gasteiger partial charge >= 0.3 is 0 Å². The number of nitrogens with zero attached hydrogens (tertiary/aromatic N) is 1. The van der Waals surface area contributed by atoms with Crippen LogP contribution in [-0.4, -0.2) is 9.97 Å². The molecule has 0 unspecified atom stereocenters. The highest BCUT2D eigenvalue weighted by molar-refractivity contribution is 5.27. The molecule has 1 heterocycles. The molecule has 1 saturated carbocycles. The highest BCUT2D eigenvalue weighted by atomic mass is 16.1. The van der Waals surface area contributed by atoms with Gasteiger partial charge in [-0.3, -0.25) is 4.79 Å². The molecule has 1 aliphatic rings. The van der Waals surface area contributed by atoms with E-state index in [1.807, 2.05) is 13.0 Å². The van der Waals surface area contributed by atoms with Gasteiger partial charge in [-0.05, 0) is 31.2 Å². The maximum atomic E-state index is 11.6. The van der Waals surface area contributed by atoms with Crippen LogP contribution in [0.15, 0.2) is 41.2 Å². The van der Waals surface area contributed by atoms with Crippen LogP contribution >= 0.6 is 0 Å². The molecule has 0 bridgehead atoms. The fourth-order valence-electron chi connectivity index (χ4n) is 2.94. The van der Waals surface area contributed by atoms with E-state index in [9.17, 15) is 4.79 Å². The lowest BCUT2D eigenvalue weighted by atomic mass is 9.72. The van der Waals surface area contributed by atoms with E-state index in [-0.39, 0.29) is 11.1 Å².